The third-order valence-electron chi connectivity index (χ3n) is 1.96. The Hall–Kier alpha value is -1.48. The van der Waals surface area contributed by atoms with Gasteiger partial charge in [-0.2, -0.15) is 0 Å². The molecule has 0 aliphatic carbocycles. The number of aldehydes is 2. The van der Waals surface area contributed by atoms with Gasteiger partial charge in [-0.1, -0.05) is 31.7 Å². The minimum atomic E-state index is 0. The SMILES string of the molecule is C.CNC(C)(C)C.O=Cc1ccc(C=O)cc1. The summed E-state index contributed by atoms with van der Waals surface area (Å²) >= 11 is 0. The van der Waals surface area contributed by atoms with Crippen LogP contribution in [0.3, 0.4) is 0 Å². The molecule has 0 amide bonds. The van der Waals surface area contributed by atoms with Crippen molar-refractivity contribution in [3.63, 3.8) is 0 Å². The van der Waals surface area contributed by atoms with Gasteiger partial charge >= 0.3 is 0 Å². The number of hydrogen-bond acceptors (Lipinski definition) is 3. The lowest BCUT2D eigenvalue weighted by atomic mass is 10.1. The molecule has 1 aromatic carbocycles. The number of carbonyl (C=O) groups is 2. The Labute approximate surface area is 104 Å². The van der Waals surface area contributed by atoms with Crippen LogP contribution in [0.4, 0.5) is 0 Å². The molecule has 0 heterocycles. The fraction of sp³-hybridized carbons (Fsp3) is 0.429. The standard InChI is InChI=1S/C8H6O2.C5H13N.CH4/c9-5-7-1-2-8(6-10)4-3-7;1-5(2,3)6-4;/h1-6H;6H,1-4H3;1H4. The number of carbonyl (C=O) groups excluding carboxylic acids is 2. The molecule has 3 heteroatoms. The number of hydrogen-bond donors (Lipinski definition) is 1. The lowest BCUT2D eigenvalue weighted by Gasteiger charge is -2.15. The van der Waals surface area contributed by atoms with Gasteiger partial charge in [-0.05, 0) is 27.8 Å². The highest BCUT2D eigenvalue weighted by atomic mass is 16.1. The third-order valence-corrected chi connectivity index (χ3v) is 1.96. The highest BCUT2D eigenvalue weighted by Gasteiger charge is 2.01. The maximum absolute atomic E-state index is 10.1. The molecule has 1 N–H and O–H groups in total. The predicted octanol–water partition coefficient (Wildman–Crippen LogP) is 2.95. The summed E-state index contributed by atoms with van der Waals surface area (Å²) in [5, 5.41) is 3.10. The molecular formula is C14H23NO2. The Morgan fingerprint density at radius 2 is 1.18 bits per heavy atom. The zero-order valence-corrected chi connectivity index (χ0v) is 10.3. The second-order valence-corrected chi connectivity index (χ2v) is 4.40. The van der Waals surface area contributed by atoms with Gasteiger partial charge in [0.1, 0.15) is 12.6 Å². The third kappa shape index (κ3) is 9.45. The van der Waals surface area contributed by atoms with Gasteiger partial charge in [0, 0.05) is 16.7 Å². The van der Waals surface area contributed by atoms with E-state index in [2.05, 4.69) is 26.1 Å². The van der Waals surface area contributed by atoms with Gasteiger partial charge in [-0.3, -0.25) is 9.59 Å². The van der Waals surface area contributed by atoms with Crippen LogP contribution in [-0.2, 0) is 0 Å². The van der Waals surface area contributed by atoms with Crippen LogP contribution in [0.5, 0.6) is 0 Å². The van der Waals surface area contributed by atoms with E-state index >= 15 is 0 Å². The average Bonchev–Trinajstić information content (AvgIpc) is 2.29. The van der Waals surface area contributed by atoms with Crippen LogP contribution < -0.4 is 5.32 Å². The minimum absolute atomic E-state index is 0. The Balaban J connectivity index is 0. The van der Waals surface area contributed by atoms with Gasteiger partial charge in [0.2, 0.25) is 0 Å². The van der Waals surface area contributed by atoms with Gasteiger partial charge in [0.15, 0.2) is 0 Å². The van der Waals surface area contributed by atoms with E-state index < -0.39 is 0 Å². The molecule has 0 aliphatic rings. The van der Waals surface area contributed by atoms with Crippen LogP contribution >= 0.6 is 0 Å². The van der Waals surface area contributed by atoms with Gasteiger partial charge in [0.25, 0.3) is 0 Å². The molecule has 0 aromatic heterocycles. The molecule has 0 fully saturated rings. The summed E-state index contributed by atoms with van der Waals surface area (Å²) in [6.07, 6.45) is 1.49. The van der Waals surface area contributed by atoms with Crippen LogP contribution in [0.2, 0.25) is 0 Å². The summed E-state index contributed by atoms with van der Waals surface area (Å²) in [5.74, 6) is 0. The number of nitrogens with one attached hydrogen (secondary N) is 1. The molecule has 0 unspecified atom stereocenters. The Bertz CT molecular complexity index is 296. The summed E-state index contributed by atoms with van der Waals surface area (Å²) in [5.41, 5.74) is 1.47. The molecule has 0 aliphatic heterocycles. The first-order valence-corrected chi connectivity index (χ1v) is 5.12. The van der Waals surface area contributed by atoms with Gasteiger partial charge in [-0.15, -0.1) is 0 Å². The zero-order valence-electron chi connectivity index (χ0n) is 10.3. The first-order valence-electron chi connectivity index (χ1n) is 5.12. The molecule has 0 radical (unpaired) electrons. The van der Waals surface area contributed by atoms with Crippen LogP contribution in [-0.4, -0.2) is 25.2 Å². The molecule has 0 saturated carbocycles. The van der Waals surface area contributed by atoms with Crippen LogP contribution in [0.15, 0.2) is 24.3 Å². The van der Waals surface area contributed by atoms with Crippen molar-refractivity contribution in [1.82, 2.24) is 5.32 Å². The maximum Gasteiger partial charge on any atom is 0.150 e. The summed E-state index contributed by atoms with van der Waals surface area (Å²) in [4.78, 5) is 20.2. The molecule has 0 saturated heterocycles. The summed E-state index contributed by atoms with van der Waals surface area (Å²) in [6.45, 7) is 6.40. The van der Waals surface area contributed by atoms with E-state index in [1.807, 2.05) is 7.05 Å². The van der Waals surface area contributed by atoms with Crippen molar-refractivity contribution in [2.75, 3.05) is 7.05 Å². The fourth-order valence-corrected chi connectivity index (χ4v) is 0.653. The molecule has 0 spiro atoms. The van der Waals surface area contributed by atoms with Gasteiger partial charge in [-0.25, -0.2) is 0 Å². The molecule has 17 heavy (non-hydrogen) atoms. The zero-order chi connectivity index (χ0) is 12.6. The highest BCUT2D eigenvalue weighted by Crippen LogP contribution is 1.98. The van der Waals surface area contributed by atoms with Crippen molar-refractivity contribution < 1.29 is 9.59 Å². The summed E-state index contributed by atoms with van der Waals surface area (Å²) in [7, 11) is 1.96. The quantitative estimate of drug-likeness (QED) is 0.804. The van der Waals surface area contributed by atoms with Crippen molar-refractivity contribution in [3.8, 4) is 0 Å². The van der Waals surface area contributed by atoms with Crippen molar-refractivity contribution in [2.45, 2.75) is 33.7 Å². The average molecular weight is 237 g/mol. The second-order valence-electron chi connectivity index (χ2n) is 4.40. The highest BCUT2D eigenvalue weighted by molar-refractivity contribution is 5.79. The molecule has 0 atom stereocenters. The smallest absolute Gasteiger partial charge is 0.150 e. The molecule has 0 bridgehead atoms. The Morgan fingerprint density at radius 1 is 0.941 bits per heavy atom. The fourth-order valence-electron chi connectivity index (χ4n) is 0.653. The van der Waals surface area contributed by atoms with Gasteiger partial charge < -0.3 is 5.32 Å². The topological polar surface area (TPSA) is 46.2 Å². The van der Waals surface area contributed by atoms with E-state index in [1.54, 1.807) is 24.3 Å². The van der Waals surface area contributed by atoms with E-state index in [0.29, 0.717) is 16.7 Å². The van der Waals surface area contributed by atoms with E-state index in [1.165, 1.54) is 0 Å². The van der Waals surface area contributed by atoms with Gasteiger partial charge in [0.05, 0.1) is 0 Å². The van der Waals surface area contributed by atoms with E-state index in [-0.39, 0.29) is 7.43 Å². The monoisotopic (exact) mass is 237 g/mol. The first kappa shape index (κ1) is 17.9. The van der Waals surface area contributed by atoms with Crippen molar-refractivity contribution in [2.24, 2.45) is 0 Å². The van der Waals surface area contributed by atoms with Crippen LogP contribution in [0.1, 0.15) is 48.9 Å². The Kier molecular flexibility index (Phi) is 9.10. The van der Waals surface area contributed by atoms with Crippen LogP contribution in [0.25, 0.3) is 0 Å². The first-order chi connectivity index (χ1) is 7.42. The number of benzene rings is 1. The molecule has 1 aromatic rings. The normalized spacial score (nSPS) is 9.41. The largest absolute Gasteiger partial charge is 0.315 e. The maximum atomic E-state index is 10.1. The minimum Gasteiger partial charge on any atom is -0.315 e. The lowest BCUT2D eigenvalue weighted by molar-refractivity contribution is 0.111. The summed E-state index contributed by atoms with van der Waals surface area (Å²) in [6, 6.07) is 6.43. The second kappa shape index (κ2) is 8.65. The Morgan fingerprint density at radius 3 is 1.29 bits per heavy atom. The van der Waals surface area contributed by atoms with E-state index in [4.69, 9.17) is 0 Å². The van der Waals surface area contributed by atoms with Crippen molar-refractivity contribution in [3.05, 3.63) is 35.4 Å². The molecule has 96 valence electrons. The van der Waals surface area contributed by atoms with E-state index in [9.17, 15) is 9.59 Å². The molecular weight excluding hydrogens is 214 g/mol. The van der Waals surface area contributed by atoms with Crippen molar-refractivity contribution >= 4 is 12.6 Å². The number of rotatable bonds is 2. The lowest BCUT2D eigenvalue weighted by Crippen LogP contribution is -2.31. The molecule has 3 nitrogen and oxygen atoms in total. The van der Waals surface area contributed by atoms with E-state index in [0.717, 1.165) is 12.6 Å². The summed E-state index contributed by atoms with van der Waals surface area (Å²) < 4.78 is 0. The van der Waals surface area contributed by atoms with Crippen molar-refractivity contribution in [1.29, 1.82) is 0 Å². The van der Waals surface area contributed by atoms with Crippen LogP contribution in [0, 0.1) is 0 Å². The predicted molar refractivity (Wildman–Crippen MR) is 72.8 cm³/mol. The molecule has 1 rings (SSSR count).